The summed E-state index contributed by atoms with van der Waals surface area (Å²) in [7, 11) is 0. The zero-order chi connectivity index (χ0) is 28.9. The summed E-state index contributed by atoms with van der Waals surface area (Å²) in [6.45, 7) is 4.35. The Morgan fingerprint density at radius 3 is 2.73 bits per heavy atom. The first kappa shape index (κ1) is 28.6. The molecule has 0 aliphatic carbocycles. The van der Waals surface area contributed by atoms with Crippen LogP contribution in [0.5, 0.6) is 5.75 Å². The van der Waals surface area contributed by atoms with Crippen molar-refractivity contribution in [3.05, 3.63) is 100 Å². The number of carbonyl (C=O) groups is 2. The first-order valence-electron chi connectivity index (χ1n) is 13.2. The van der Waals surface area contributed by atoms with Gasteiger partial charge in [-0.25, -0.2) is 4.39 Å². The molecule has 1 aliphatic heterocycles. The molecule has 11 heteroatoms. The van der Waals surface area contributed by atoms with E-state index in [2.05, 4.69) is 17.1 Å². The number of hydrogen-bond acceptors (Lipinski definition) is 9. The number of ketones is 1. The summed E-state index contributed by atoms with van der Waals surface area (Å²) in [6, 6.07) is 15.7. The van der Waals surface area contributed by atoms with E-state index < -0.39 is 23.5 Å². The Morgan fingerprint density at radius 2 is 1.98 bits per heavy atom. The van der Waals surface area contributed by atoms with Crippen LogP contribution in [0, 0.1) is 12.7 Å². The van der Waals surface area contributed by atoms with Gasteiger partial charge >= 0.3 is 0 Å². The van der Waals surface area contributed by atoms with Gasteiger partial charge in [0, 0.05) is 5.75 Å². The summed E-state index contributed by atoms with van der Waals surface area (Å²) in [4.78, 5) is 28.4. The highest BCUT2D eigenvalue weighted by atomic mass is 32.2. The summed E-state index contributed by atoms with van der Waals surface area (Å²) in [5, 5.41) is 19.6. The predicted molar refractivity (Wildman–Crippen MR) is 155 cm³/mol. The van der Waals surface area contributed by atoms with Gasteiger partial charge in [0.15, 0.2) is 15.9 Å². The van der Waals surface area contributed by atoms with Crippen LogP contribution in [0.15, 0.2) is 80.8 Å². The average molecular weight is 594 g/mol. The number of unbranched alkanes of at least 4 members (excludes halogenated alkanes) is 2. The van der Waals surface area contributed by atoms with Gasteiger partial charge in [-0.05, 0) is 54.8 Å². The Balaban J connectivity index is 1.48. The van der Waals surface area contributed by atoms with Crippen molar-refractivity contribution in [3.63, 3.8) is 0 Å². The number of aromatic nitrogens is 2. The topological polar surface area (TPSA) is 106 Å². The van der Waals surface area contributed by atoms with Gasteiger partial charge in [-0.2, -0.15) is 0 Å². The molecule has 3 heterocycles. The number of Topliss-reactive ketones (excluding diaryl/α,β-unsaturated/α-hetero) is 1. The fraction of sp³-hybridized carbons (Fsp3) is 0.267. The number of aliphatic hydroxyl groups excluding tert-OH is 1. The van der Waals surface area contributed by atoms with Crippen molar-refractivity contribution in [2.24, 2.45) is 0 Å². The standard InChI is InChI=1S/C30H28FN3O5S2/c1-3-4-7-15-38-21-11-8-10-19(16-21)25-24(26(35)23-14-13-18(2)39-23)27(36)28(37)34(25)29-32-33-30(41-29)40-17-20-9-5-6-12-22(20)31/h5-6,8-14,16,25,36H,3-4,7,15,17H2,1-2H3. The van der Waals surface area contributed by atoms with Crippen LogP contribution in [-0.4, -0.2) is 33.6 Å². The Hall–Kier alpha value is -3.96. The molecule has 0 radical (unpaired) electrons. The molecule has 1 N–H and O–H groups in total. The van der Waals surface area contributed by atoms with Crippen LogP contribution < -0.4 is 9.64 Å². The van der Waals surface area contributed by atoms with E-state index in [4.69, 9.17) is 9.15 Å². The van der Waals surface area contributed by atoms with E-state index in [1.54, 1.807) is 55.5 Å². The average Bonchev–Trinajstić information content (AvgIpc) is 3.69. The highest BCUT2D eigenvalue weighted by Crippen LogP contribution is 2.44. The summed E-state index contributed by atoms with van der Waals surface area (Å²) >= 11 is 2.39. The molecule has 212 valence electrons. The number of aliphatic hydroxyl groups is 1. The highest BCUT2D eigenvalue weighted by molar-refractivity contribution is 8.00. The van der Waals surface area contributed by atoms with E-state index in [1.165, 1.54) is 28.8 Å². The third kappa shape index (κ3) is 6.20. The first-order valence-corrected chi connectivity index (χ1v) is 15.0. The first-order chi connectivity index (χ1) is 19.9. The molecule has 2 aromatic heterocycles. The molecule has 1 aliphatic rings. The molecule has 4 aromatic rings. The number of ether oxygens (including phenoxy) is 1. The van der Waals surface area contributed by atoms with Crippen LogP contribution in [0.2, 0.25) is 0 Å². The summed E-state index contributed by atoms with van der Waals surface area (Å²) in [5.41, 5.74) is 0.946. The van der Waals surface area contributed by atoms with E-state index in [0.717, 1.165) is 30.6 Å². The van der Waals surface area contributed by atoms with Crippen molar-refractivity contribution in [3.8, 4) is 5.75 Å². The van der Waals surface area contributed by atoms with Crippen molar-refractivity contribution < 1.29 is 28.2 Å². The summed E-state index contributed by atoms with van der Waals surface area (Å²) in [5.74, 6) is -0.955. The van der Waals surface area contributed by atoms with E-state index in [9.17, 15) is 19.1 Å². The number of hydrogen-bond donors (Lipinski definition) is 1. The molecule has 2 aromatic carbocycles. The molecule has 41 heavy (non-hydrogen) atoms. The van der Waals surface area contributed by atoms with Gasteiger partial charge in [-0.3, -0.25) is 14.5 Å². The fourth-order valence-corrected chi connectivity index (χ4v) is 6.32. The van der Waals surface area contributed by atoms with Gasteiger partial charge in [0.1, 0.15) is 17.3 Å². The minimum Gasteiger partial charge on any atom is -0.503 e. The van der Waals surface area contributed by atoms with Gasteiger partial charge in [-0.1, -0.05) is 73.2 Å². The maximum absolute atomic E-state index is 14.1. The number of halogens is 1. The SMILES string of the molecule is CCCCCOc1cccc(C2C(C(=O)c3ccc(C)o3)=C(O)C(=O)N2c2nnc(SCc3ccccc3F)s2)c1. The van der Waals surface area contributed by atoms with Crippen LogP contribution in [0.3, 0.4) is 0 Å². The minimum absolute atomic E-state index is 0.00839. The maximum atomic E-state index is 14.1. The second-order valence-corrected chi connectivity index (χ2v) is 11.6. The number of nitrogens with zero attached hydrogens (tertiary/aromatic N) is 3. The van der Waals surface area contributed by atoms with Crippen molar-refractivity contribution in [2.45, 2.75) is 49.2 Å². The number of aryl methyl sites for hydroxylation is 1. The van der Waals surface area contributed by atoms with Crippen LogP contribution in [0.4, 0.5) is 9.52 Å². The zero-order valence-corrected chi connectivity index (χ0v) is 24.1. The minimum atomic E-state index is -1.00. The lowest BCUT2D eigenvalue weighted by Gasteiger charge is -2.24. The molecule has 0 fully saturated rings. The van der Waals surface area contributed by atoms with Crippen molar-refractivity contribution in [1.82, 2.24) is 10.2 Å². The van der Waals surface area contributed by atoms with Crippen LogP contribution in [0.25, 0.3) is 0 Å². The Labute approximate surface area is 244 Å². The summed E-state index contributed by atoms with van der Waals surface area (Å²) < 4.78 is 26.1. The van der Waals surface area contributed by atoms with Crippen LogP contribution >= 0.6 is 23.1 Å². The number of carbonyl (C=O) groups excluding carboxylic acids is 2. The van der Waals surface area contributed by atoms with E-state index >= 15 is 0 Å². The lowest BCUT2D eigenvalue weighted by molar-refractivity contribution is -0.117. The molecule has 0 saturated carbocycles. The van der Waals surface area contributed by atoms with Crippen LogP contribution in [-0.2, 0) is 10.5 Å². The number of benzene rings is 2. The molecular weight excluding hydrogens is 565 g/mol. The second-order valence-electron chi connectivity index (χ2n) is 9.44. The molecule has 1 unspecified atom stereocenters. The highest BCUT2D eigenvalue weighted by Gasteiger charge is 2.46. The largest absolute Gasteiger partial charge is 0.503 e. The van der Waals surface area contributed by atoms with E-state index in [1.807, 2.05) is 0 Å². The quantitative estimate of drug-likeness (QED) is 0.0794. The van der Waals surface area contributed by atoms with Gasteiger partial charge in [0.2, 0.25) is 10.9 Å². The molecule has 0 spiro atoms. The Bertz CT molecular complexity index is 1600. The molecule has 1 atom stereocenters. The van der Waals surface area contributed by atoms with Gasteiger partial charge in [0.25, 0.3) is 5.91 Å². The zero-order valence-electron chi connectivity index (χ0n) is 22.5. The lowest BCUT2D eigenvalue weighted by atomic mass is 9.95. The molecular formula is C30H28FN3O5S2. The van der Waals surface area contributed by atoms with Gasteiger partial charge in [-0.15, -0.1) is 10.2 Å². The molecule has 5 rings (SSSR count). The molecule has 8 nitrogen and oxygen atoms in total. The number of furan rings is 1. The number of anilines is 1. The van der Waals surface area contributed by atoms with E-state index in [0.29, 0.717) is 39.3 Å². The monoisotopic (exact) mass is 593 g/mol. The third-order valence-electron chi connectivity index (χ3n) is 6.52. The number of rotatable bonds is 12. The smallest absolute Gasteiger partial charge is 0.296 e. The van der Waals surface area contributed by atoms with Crippen molar-refractivity contribution in [2.75, 3.05) is 11.5 Å². The van der Waals surface area contributed by atoms with Gasteiger partial charge in [0.05, 0.1) is 18.2 Å². The summed E-state index contributed by atoms with van der Waals surface area (Å²) in [6.07, 6.45) is 3.00. The Morgan fingerprint density at radius 1 is 1.15 bits per heavy atom. The second kappa shape index (κ2) is 12.7. The van der Waals surface area contributed by atoms with Crippen molar-refractivity contribution >= 4 is 39.9 Å². The molecule has 1 amide bonds. The predicted octanol–water partition coefficient (Wildman–Crippen LogP) is 7.22. The van der Waals surface area contributed by atoms with Gasteiger partial charge < -0.3 is 14.3 Å². The number of amides is 1. The van der Waals surface area contributed by atoms with Crippen LogP contribution in [0.1, 0.15) is 59.7 Å². The molecule has 0 saturated heterocycles. The van der Waals surface area contributed by atoms with Crippen molar-refractivity contribution in [1.29, 1.82) is 0 Å². The lowest BCUT2D eigenvalue weighted by Crippen LogP contribution is -2.31. The Kier molecular flexibility index (Phi) is 8.84. The maximum Gasteiger partial charge on any atom is 0.296 e. The molecule has 0 bridgehead atoms. The fourth-order valence-electron chi connectivity index (χ4n) is 4.47. The third-order valence-corrected chi connectivity index (χ3v) is 8.62. The van der Waals surface area contributed by atoms with E-state index in [-0.39, 0.29) is 22.3 Å². The normalized spacial score (nSPS) is 15.1. The number of thioether (sulfide) groups is 1.